The molecule has 0 bridgehead atoms. The Kier molecular flexibility index (Phi) is 6.15. The molecule has 4 aliphatic carbocycles. The molecule has 35 heavy (non-hydrogen) atoms. The third kappa shape index (κ3) is 3.53. The number of rotatable bonds is 5. The molecule has 1 aromatic rings. The van der Waals surface area contributed by atoms with Gasteiger partial charge in [-0.2, -0.15) is 0 Å². The second-order valence-corrected chi connectivity index (χ2v) is 13.3. The van der Waals surface area contributed by atoms with Gasteiger partial charge in [-0.25, -0.2) is 0 Å². The number of fused-ring (bicyclic) bond motifs is 5. The lowest BCUT2D eigenvalue weighted by molar-refractivity contribution is -0.249. The lowest BCUT2D eigenvalue weighted by Gasteiger charge is -2.64. The number of likely N-dealkylation sites (tertiary alicyclic amines) is 1. The minimum Gasteiger partial charge on any atom is -0.393 e. The summed E-state index contributed by atoms with van der Waals surface area (Å²) in [5.41, 5.74) is 0.120. The van der Waals surface area contributed by atoms with Crippen molar-refractivity contribution in [2.45, 2.75) is 102 Å². The molecule has 2 N–H and O–H groups in total. The van der Waals surface area contributed by atoms with Crippen LogP contribution in [0, 0.1) is 28.6 Å². The molecule has 0 spiro atoms. The van der Waals surface area contributed by atoms with E-state index in [-0.39, 0.29) is 16.9 Å². The number of aliphatic hydroxyl groups excluding tert-OH is 1. The maximum Gasteiger partial charge on any atom is 0.101 e. The van der Waals surface area contributed by atoms with Gasteiger partial charge in [-0.1, -0.05) is 44.2 Å². The third-order valence-electron chi connectivity index (χ3n) is 12.1. The van der Waals surface area contributed by atoms with E-state index in [9.17, 15) is 10.2 Å². The highest BCUT2D eigenvalue weighted by Crippen LogP contribution is 2.72. The maximum atomic E-state index is 12.8. The molecule has 1 saturated heterocycles. The van der Waals surface area contributed by atoms with Crippen molar-refractivity contribution < 1.29 is 14.9 Å². The number of ether oxygens (including phenoxy) is 1. The Hall–Kier alpha value is -0.940. The minimum absolute atomic E-state index is 0.122. The average Bonchev–Trinajstić information content (AvgIpc) is 3.46. The summed E-state index contributed by atoms with van der Waals surface area (Å²) in [6.45, 7) is 9.00. The summed E-state index contributed by atoms with van der Waals surface area (Å²) in [4.78, 5) is 2.54. The van der Waals surface area contributed by atoms with Gasteiger partial charge in [0.25, 0.3) is 0 Å². The number of hydrogen-bond donors (Lipinski definition) is 2. The largest absolute Gasteiger partial charge is 0.393 e. The molecular formula is C31H47NO3. The van der Waals surface area contributed by atoms with Crippen molar-refractivity contribution in [1.82, 2.24) is 4.90 Å². The highest BCUT2D eigenvalue weighted by Gasteiger charge is 2.72. The van der Waals surface area contributed by atoms with Gasteiger partial charge in [-0.15, -0.1) is 0 Å². The lowest BCUT2D eigenvalue weighted by atomic mass is 9.42. The van der Waals surface area contributed by atoms with E-state index >= 15 is 0 Å². The van der Waals surface area contributed by atoms with Gasteiger partial charge in [0, 0.05) is 12.0 Å². The van der Waals surface area contributed by atoms with E-state index < -0.39 is 11.2 Å². The van der Waals surface area contributed by atoms with Crippen LogP contribution in [0.1, 0.15) is 90.0 Å². The van der Waals surface area contributed by atoms with Gasteiger partial charge in [0.15, 0.2) is 0 Å². The van der Waals surface area contributed by atoms with Gasteiger partial charge in [0.05, 0.1) is 18.3 Å². The molecule has 6 rings (SSSR count). The first kappa shape index (κ1) is 24.4. The Morgan fingerprint density at radius 3 is 2.46 bits per heavy atom. The lowest BCUT2D eigenvalue weighted by Crippen LogP contribution is -2.65. The maximum absolute atomic E-state index is 12.8. The van der Waals surface area contributed by atoms with Crippen LogP contribution in [-0.2, 0) is 10.3 Å². The second-order valence-electron chi connectivity index (χ2n) is 13.3. The van der Waals surface area contributed by atoms with Crippen LogP contribution in [0.3, 0.4) is 0 Å². The summed E-state index contributed by atoms with van der Waals surface area (Å²) in [7, 11) is 0. The van der Waals surface area contributed by atoms with Crippen LogP contribution in [0.25, 0.3) is 0 Å². The van der Waals surface area contributed by atoms with Crippen LogP contribution in [0.4, 0.5) is 0 Å². The fourth-order valence-corrected chi connectivity index (χ4v) is 10.0. The van der Waals surface area contributed by atoms with Crippen molar-refractivity contribution >= 4 is 0 Å². The van der Waals surface area contributed by atoms with E-state index in [1.165, 1.54) is 37.9 Å². The summed E-state index contributed by atoms with van der Waals surface area (Å²) in [5.74, 6) is 1.51. The van der Waals surface area contributed by atoms with Gasteiger partial charge < -0.3 is 19.8 Å². The number of hydrogen-bond acceptors (Lipinski definition) is 4. The van der Waals surface area contributed by atoms with Crippen molar-refractivity contribution in [3.63, 3.8) is 0 Å². The van der Waals surface area contributed by atoms with Gasteiger partial charge in [-0.05, 0) is 112 Å². The van der Waals surface area contributed by atoms with E-state index in [4.69, 9.17) is 4.74 Å². The zero-order chi connectivity index (χ0) is 24.3. The Labute approximate surface area is 212 Å². The fourth-order valence-electron chi connectivity index (χ4n) is 10.0. The van der Waals surface area contributed by atoms with Crippen molar-refractivity contribution in [2.75, 3.05) is 26.2 Å². The summed E-state index contributed by atoms with van der Waals surface area (Å²) in [6.07, 6.45) is 11.7. The van der Waals surface area contributed by atoms with E-state index in [2.05, 4.69) is 49.1 Å². The molecule has 0 aromatic heterocycles. The number of aliphatic hydroxyl groups is 2. The Morgan fingerprint density at radius 1 is 0.914 bits per heavy atom. The normalized spacial score (nSPS) is 47.8. The zero-order valence-electron chi connectivity index (χ0n) is 22.1. The molecule has 4 nitrogen and oxygen atoms in total. The Morgan fingerprint density at radius 2 is 1.69 bits per heavy atom. The SMILES string of the molecule is C[C@]12CC[C@H](O)C[C@H]1CC[C@@H]1[C@@H]2CC[C@]2(C)[C@@](OCCN3CCCC3)(c3ccccc3)CC[C@]12O. The van der Waals surface area contributed by atoms with E-state index in [0.29, 0.717) is 17.8 Å². The molecule has 1 aliphatic heterocycles. The fraction of sp³-hybridized carbons (Fsp3) is 0.806. The van der Waals surface area contributed by atoms with Crippen LogP contribution in [0.2, 0.25) is 0 Å². The van der Waals surface area contributed by atoms with Crippen LogP contribution in [0.5, 0.6) is 0 Å². The molecule has 0 unspecified atom stereocenters. The van der Waals surface area contributed by atoms with Crippen molar-refractivity contribution in [2.24, 2.45) is 28.6 Å². The molecule has 5 aliphatic rings. The molecular weight excluding hydrogens is 434 g/mol. The number of nitrogens with zero attached hydrogens (tertiary/aromatic N) is 1. The predicted molar refractivity (Wildman–Crippen MR) is 139 cm³/mol. The van der Waals surface area contributed by atoms with E-state index in [1.54, 1.807) is 0 Å². The summed E-state index contributed by atoms with van der Waals surface area (Å²) in [5, 5.41) is 23.2. The Balaban J connectivity index is 1.32. The first-order chi connectivity index (χ1) is 16.8. The third-order valence-corrected chi connectivity index (χ3v) is 12.1. The smallest absolute Gasteiger partial charge is 0.101 e. The molecule has 1 aromatic carbocycles. The van der Waals surface area contributed by atoms with Crippen LogP contribution >= 0.6 is 0 Å². The topological polar surface area (TPSA) is 52.9 Å². The summed E-state index contributed by atoms with van der Waals surface area (Å²) in [6, 6.07) is 10.9. The quantitative estimate of drug-likeness (QED) is 0.582. The standard InChI is InChI=1S/C31H47NO3/c1-28-14-12-25(33)22-24(28)10-11-27-26(28)13-15-29(2)30(27,34)16-17-31(29,23-8-4-3-5-9-23)35-21-20-32-18-6-7-19-32/h3-5,8-9,24-27,33-34H,6-7,10-22H2,1-2H3/t24-,25+,26+,27-,28+,29+,30+,31+/m1/s1. The van der Waals surface area contributed by atoms with Crippen LogP contribution < -0.4 is 0 Å². The highest BCUT2D eigenvalue weighted by molar-refractivity contribution is 5.33. The van der Waals surface area contributed by atoms with Crippen molar-refractivity contribution in [3.8, 4) is 0 Å². The van der Waals surface area contributed by atoms with E-state index in [1.807, 2.05) is 0 Å². The zero-order valence-corrected chi connectivity index (χ0v) is 22.1. The Bertz CT molecular complexity index is 902. The summed E-state index contributed by atoms with van der Waals surface area (Å²) >= 11 is 0. The first-order valence-electron chi connectivity index (χ1n) is 14.6. The molecule has 194 valence electrons. The van der Waals surface area contributed by atoms with Gasteiger partial charge in [0.1, 0.15) is 5.60 Å². The van der Waals surface area contributed by atoms with E-state index in [0.717, 1.165) is 64.5 Å². The summed E-state index contributed by atoms with van der Waals surface area (Å²) < 4.78 is 7.07. The molecule has 8 atom stereocenters. The number of benzene rings is 1. The van der Waals surface area contributed by atoms with Gasteiger partial charge in [0.2, 0.25) is 0 Å². The van der Waals surface area contributed by atoms with Crippen LogP contribution in [-0.4, -0.2) is 53.1 Å². The van der Waals surface area contributed by atoms with Gasteiger partial charge in [-0.3, -0.25) is 0 Å². The van der Waals surface area contributed by atoms with Gasteiger partial charge >= 0.3 is 0 Å². The molecule has 1 heterocycles. The average molecular weight is 482 g/mol. The monoisotopic (exact) mass is 481 g/mol. The van der Waals surface area contributed by atoms with Crippen molar-refractivity contribution in [1.29, 1.82) is 0 Å². The molecule has 4 heteroatoms. The van der Waals surface area contributed by atoms with Crippen LogP contribution in [0.15, 0.2) is 30.3 Å². The first-order valence-corrected chi connectivity index (χ1v) is 14.6. The minimum atomic E-state index is -0.691. The van der Waals surface area contributed by atoms with Crippen molar-refractivity contribution in [3.05, 3.63) is 35.9 Å². The predicted octanol–water partition coefficient (Wildman–Crippen LogP) is 5.51. The second kappa shape index (κ2) is 8.82. The molecule has 4 saturated carbocycles. The molecule has 0 amide bonds. The molecule has 5 fully saturated rings. The highest BCUT2D eigenvalue weighted by atomic mass is 16.5. The molecule has 0 radical (unpaired) electrons.